The molecule has 3 atom stereocenters. The lowest BCUT2D eigenvalue weighted by Crippen LogP contribution is -2.26. The first-order valence-corrected chi connectivity index (χ1v) is 7.15. The molecule has 104 valence electrons. The van der Waals surface area contributed by atoms with Gasteiger partial charge in [-0.25, -0.2) is 0 Å². The van der Waals surface area contributed by atoms with Gasteiger partial charge >= 0.3 is 5.97 Å². The number of benzene rings is 1. The maximum Gasteiger partial charge on any atom is 0.307 e. The minimum Gasteiger partial charge on any atom is -0.462 e. The van der Waals surface area contributed by atoms with E-state index < -0.39 is 0 Å². The summed E-state index contributed by atoms with van der Waals surface area (Å²) in [7, 11) is 0. The van der Waals surface area contributed by atoms with Crippen molar-refractivity contribution >= 4 is 5.97 Å². The van der Waals surface area contributed by atoms with Crippen molar-refractivity contribution in [2.24, 2.45) is 11.7 Å². The number of hydrogen-bond donors (Lipinski definition) is 1. The summed E-state index contributed by atoms with van der Waals surface area (Å²) in [5, 5.41) is 0. The molecule has 3 nitrogen and oxygen atoms in total. The van der Waals surface area contributed by atoms with Gasteiger partial charge in [0.1, 0.15) is 6.10 Å². The van der Waals surface area contributed by atoms with Gasteiger partial charge in [-0.2, -0.15) is 0 Å². The number of hydrogen-bond acceptors (Lipinski definition) is 3. The molecule has 3 unspecified atom stereocenters. The molecular formula is C16H23NO2. The van der Waals surface area contributed by atoms with Gasteiger partial charge in [0.05, 0.1) is 6.42 Å². The van der Waals surface area contributed by atoms with Gasteiger partial charge in [0.2, 0.25) is 0 Å². The fourth-order valence-corrected chi connectivity index (χ4v) is 2.72. The highest BCUT2D eigenvalue weighted by atomic mass is 16.5. The summed E-state index contributed by atoms with van der Waals surface area (Å²) in [5.74, 6) is 0.491. The molecule has 0 saturated heterocycles. The summed E-state index contributed by atoms with van der Waals surface area (Å²) in [6.07, 6.45) is 4.75. The zero-order chi connectivity index (χ0) is 13.7. The fraction of sp³-hybridized carbons (Fsp3) is 0.562. The summed E-state index contributed by atoms with van der Waals surface area (Å²) in [5.41, 5.74) is 7.01. The second kappa shape index (κ2) is 6.71. The second-order valence-corrected chi connectivity index (χ2v) is 5.60. The molecule has 1 aliphatic carbocycles. The Kier molecular flexibility index (Phi) is 4.97. The Balaban J connectivity index is 1.81. The summed E-state index contributed by atoms with van der Waals surface area (Å²) in [4.78, 5) is 11.9. The molecule has 1 aliphatic rings. The van der Waals surface area contributed by atoms with Crippen LogP contribution in [0.15, 0.2) is 30.3 Å². The first kappa shape index (κ1) is 14.1. The van der Waals surface area contributed by atoms with Crippen molar-refractivity contribution in [2.45, 2.75) is 51.2 Å². The number of carbonyl (C=O) groups is 1. The van der Waals surface area contributed by atoms with Crippen LogP contribution >= 0.6 is 0 Å². The molecule has 1 fully saturated rings. The smallest absolute Gasteiger partial charge is 0.307 e. The van der Waals surface area contributed by atoms with Crippen LogP contribution in [0.2, 0.25) is 0 Å². The molecule has 1 aromatic carbocycles. The quantitative estimate of drug-likeness (QED) is 0.847. The van der Waals surface area contributed by atoms with E-state index in [4.69, 9.17) is 10.5 Å². The number of rotatable bonds is 4. The van der Waals surface area contributed by atoms with E-state index in [0.29, 0.717) is 5.92 Å². The van der Waals surface area contributed by atoms with Gasteiger partial charge in [-0.15, -0.1) is 0 Å². The lowest BCUT2D eigenvalue weighted by Gasteiger charge is -2.26. The molecule has 0 aromatic heterocycles. The van der Waals surface area contributed by atoms with Crippen molar-refractivity contribution in [3.8, 4) is 0 Å². The van der Waals surface area contributed by atoms with Crippen LogP contribution in [-0.4, -0.2) is 12.1 Å². The molecule has 3 heteroatoms. The Labute approximate surface area is 115 Å². The molecule has 2 rings (SSSR count). The van der Waals surface area contributed by atoms with Crippen LogP contribution in [0.1, 0.15) is 50.6 Å². The highest BCUT2D eigenvalue weighted by molar-refractivity contribution is 5.70. The van der Waals surface area contributed by atoms with E-state index in [1.165, 1.54) is 6.42 Å². The van der Waals surface area contributed by atoms with Crippen molar-refractivity contribution < 1.29 is 9.53 Å². The predicted molar refractivity (Wildman–Crippen MR) is 75.5 cm³/mol. The Hall–Kier alpha value is -1.35. The zero-order valence-corrected chi connectivity index (χ0v) is 11.5. The van der Waals surface area contributed by atoms with Gasteiger partial charge < -0.3 is 10.5 Å². The van der Waals surface area contributed by atoms with E-state index >= 15 is 0 Å². The molecule has 19 heavy (non-hydrogen) atoms. The van der Waals surface area contributed by atoms with Crippen LogP contribution in [-0.2, 0) is 9.53 Å². The van der Waals surface area contributed by atoms with Gasteiger partial charge in [0.15, 0.2) is 0 Å². The first-order valence-electron chi connectivity index (χ1n) is 7.15. The van der Waals surface area contributed by atoms with Crippen molar-refractivity contribution in [2.75, 3.05) is 0 Å². The zero-order valence-electron chi connectivity index (χ0n) is 11.5. The molecular weight excluding hydrogens is 238 g/mol. The minimum atomic E-state index is -0.269. The molecule has 0 aliphatic heterocycles. The third-order valence-corrected chi connectivity index (χ3v) is 3.80. The molecule has 0 spiro atoms. The molecule has 2 N–H and O–H groups in total. The van der Waals surface area contributed by atoms with Gasteiger partial charge in [0, 0.05) is 6.04 Å². The van der Waals surface area contributed by atoms with Crippen molar-refractivity contribution in [1.29, 1.82) is 0 Å². The highest BCUT2D eigenvalue weighted by Gasteiger charge is 2.23. The minimum absolute atomic E-state index is 0.0965. The van der Waals surface area contributed by atoms with E-state index in [9.17, 15) is 4.79 Å². The molecule has 1 saturated carbocycles. The third kappa shape index (κ3) is 4.35. The lowest BCUT2D eigenvalue weighted by atomic mass is 9.89. The Bertz CT molecular complexity index is 404. The van der Waals surface area contributed by atoms with Gasteiger partial charge in [-0.1, -0.05) is 43.7 Å². The SMILES string of the molecule is CC1CCCC(OC(=O)CC(N)c2ccccc2)C1. The third-order valence-electron chi connectivity index (χ3n) is 3.80. The average Bonchev–Trinajstić information content (AvgIpc) is 2.39. The predicted octanol–water partition coefficient (Wildman–Crippen LogP) is 3.20. The molecule has 0 amide bonds. The molecule has 0 radical (unpaired) electrons. The standard InChI is InChI=1S/C16H23NO2/c1-12-6-5-9-14(10-12)19-16(18)11-15(17)13-7-3-2-4-8-13/h2-4,7-8,12,14-15H,5-6,9-11,17H2,1H3. The van der Waals surface area contributed by atoms with Gasteiger partial charge in [-0.05, 0) is 30.7 Å². The lowest BCUT2D eigenvalue weighted by molar-refractivity contribution is -0.151. The van der Waals surface area contributed by atoms with Crippen LogP contribution in [0.3, 0.4) is 0 Å². The summed E-state index contributed by atoms with van der Waals surface area (Å²) < 4.78 is 5.53. The Morgan fingerprint density at radius 3 is 2.79 bits per heavy atom. The number of nitrogens with two attached hydrogens (primary N) is 1. The van der Waals surface area contributed by atoms with Crippen LogP contribution in [0.5, 0.6) is 0 Å². The Morgan fingerprint density at radius 1 is 1.37 bits per heavy atom. The highest BCUT2D eigenvalue weighted by Crippen LogP contribution is 2.26. The average molecular weight is 261 g/mol. The largest absolute Gasteiger partial charge is 0.462 e. The van der Waals surface area contributed by atoms with Crippen molar-refractivity contribution in [3.05, 3.63) is 35.9 Å². The van der Waals surface area contributed by atoms with E-state index in [-0.39, 0.29) is 24.5 Å². The maximum atomic E-state index is 11.9. The van der Waals surface area contributed by atoms with Gasteiger partial charge in [0.25, 0.3) is 0 Å². The normalized spacial score (nSPS) is 24.7. The van der Waals surface area contributed by atoms with Crippen LogP contribution in [0.25, 0.3) is 0 Å². The summed E-state index contributed by atoms with van der Waals surface area (Å²) >= 11 is 0. The fourth-order valence-electron chi connectivity index (χ4n) is 2.72. The number of esters is 1. The molecule has 1 aromatic rings. The second-order valence-electron chi connectivity index (χ2n) is 5.60. The number of carbonyl (C=O) groups excluding carboxylic acids is 1. The van der Waals surface area contributed by atoms with Crippen molar-refractivity contribution in [1.82, 2.24) is 0 Å². The van der Waals surface area contributed by atoms with Crippen molar-refractivity contribution in [3.63, 3.8) is 0 Å². The topological polar surface area (TPSA) is 52.3 Å². The Morgan fingerprint density at radius 2 is 2.11 bits per heavy atom. The van der Waals surface area contributed by atoms with Gasteiger partial charge in [-0.3, -0.25) is 4.79 Å². The van der Waals surface area contributed by atoms with E-state index in [0.717, 1.165) is 24.8 Å². The molecule has 0 bridgehead atoms. The van der Waals surface area contributed by atoms with Crippen LogP contribution in [0, 0.1) is 5.92 Å². The van der Waals surface area contributed by atoms with E-state index in [1.54, 1.807) is 0 Å². The maximum absolute atomic E-state index is 11.9. The van der Waals surface area contributed by atoms with Crippen LogP contribution < -0.4 is 5.73 Å². The first-order chi connectivity index (χ1) is 9.15. The van der Waals surface area contributed by atoms with E-state index in [2.05, 4.69) is 6.92 Å². The molecule has 0 heterocycles. The van der Waals surface area contributed by atoms with Crippen LogP contribution in [0.4, 0.5) is 0 Å². The number of ether oxygens (including phenoxy) is 1. The monoisotopic (exact) mass is 261 g/mol. The summed E-state index contributed by atoms with van der Waals surface area (Å²) in [6.45, 7) is 2.22. The van der Waals surface area contributed by atoms with E-state index in [1.807, 2.05) is 30.3 Å². The summed E-state index contributed by atoms with van der Waals surface area (Å²) in [6, 6.07) is 9.43.